The first-order valence-corrected chi connectivity index (χ1v) is 23.8. The van der Waals surface area contributed by atoms with Gasteiger partial charge in [-0.1, -0.05) is 146 Å². The Hall–Kier alpha value is -2.03. The van der Waals surface area contributed by atoms with Gasteiger partial charge in [-0.05, 0) is 70.6 Å². The van der Waals surface area contributed by atoms with Gasteiger partial charge in [0.2, 0.25) is 0 Å². The summed E-state index contributed by atoms with van der Waals surface area (Å²) in [7, 11) is 1.14. The number of phosphoric acid groups is 1. The summed E-state index contributed by atoms with van der Waals surface area (Å²) < 4.78 is 33.8. The van der Waals surface area contributed by atoms with Gasteiger partial charge in [0.1, 0.15) is 19.8 Å². The van der Waals surface area contributed by atoms with E-state index in [0.29, 0.717) is 17.4 Å². The maximum atomic E-state index is 12.6. The highest BCUT2D eigenvalue weighted by atomic mass is 31.2. The monoisotopic (exact) mass is 810 g/mol. The lowest BCUT2D eigenvalue weighted by Gasteiger charge is -2.28. The van der Waals surface area contributed by atoms with Gasteiger partial charge in [-0.3, -0.25) is 14.2 Å². The van der Waals surface area contributed by atoms with Crippen LogP contribution in [0.3, 0.4) is 0 Å². The molecule has 0 saturated heterocycles. The Morgan fingerprint density at radius 3 is 1.55 bits per heavy atom. The lowest BCUT2D eigenvalue weighted by molar-refractivity contribution is -0.870. The van der Waals surface area contributed by atoms with Crippen LogP contribution in [-0.2, 0) is 32.7 Å². The van der Waals surface area contributed by atoms with Gasteiger partial charge in [0, 0.05) is 12.8 Å². The highest BCUT2D eigenvalue weighted by Crippen LogP contribution is 2.38. The van der Waals surface area contributed by atoms with Crippen LogP contribution in [0.1, 0.15) is 181 Å². The number of ether oxygens (including phenoxy) is 2. The molecule has 0 bridgehead atoms. The molecule has 2 unspecified atom stereocenters. The van der Waals surface area contributed by atoms with Crippen molar-refractivity contribution in [1.82, 2.24) is 0 Å². The fourth-order valence-corrected chi connectivity index (χ4v) is 6.57. The maximum Gasteiger partial charge on any atom is 0.306 e. The molecule has 0 radical (unpaired) electrons. The average Bonchev–Trinajstić information content (AvgIpc) is 3.15. The van der Waals surface area contributed by atoms with Gasteiger partial charge < -0.3 is 27.9 Å². The van der Waals surface area contributed by atoms with Gasteiger partial charge in [-0.2, -0.15) is 0 Å². The smallest absolute Gasteiger partial charge is 0.306 e. The standard InChI is InChI=1S/C46H84NO8P/c1-6-8-10-12-14-16-18-20-21-22-23-24-25-27-28-30-32-34-36-38-45(48)52-42-44(43-54-56(50,51)53-41-40-47(3,4)5)55-46(49)39-37-35-33-31-29-26-19-17-15-13-11-9-7-2/h9,11,15,17,20-21,26,29,44H,6-8,10,12-14,16,18-19,22-25,27-28,30-43H2,1-5H3/b11-9-,17-15-,21-20-,29-26-. The van der Waals surface area contributed by atoms with Crippen molar-refractivity contribution in [2.75, 3.05) is 47.5 Å². The van der Waals surface area contributed by atoms with E-state index in [1.807, 2.05) is 21.1 Å². The predicted octanol–water partition coefficient (Wildman–Crippen LogP) is 12.1. The molecule has 2 atom stereocenters. The first kappa shape index (κ1) is 54.0. The molecule has 0 aliphatic carbocycles. The number of hydrogen-bond donors (Lipinski definition) is 0. The van der Waals surface area contributed by atoms with Crippen molar-refractivity contribution in [2.45, 2.75) is 187 Å². The second-order valence-electron chi connectivity index (χ2n) is 16.0. The molecular weight excluding hydrogens is 725 g/mol. The molecule has 10 heteroatoms. The molecule has 0 N–H and O–H groups in total. The highest BCUT2D eigenvalue weighted by molar-refractivity contribution is 7.45. The van der Waals surface area contributed by atoms with E-state index in [1.165, 1.54) is 89.9 Å². The molecular formula is C46H84NO8P. The third kappa shape index (κ3) is 41.6. The quantitative estimate of drug-likeness (QED) is 0.0198. The Morgan fingerprint density at radius 1 is 0.571 bits per heavy atom. The van der Waals surface area contributed by atoms with E-state index >= 15 is 0 Å². The number of quaternary nitrogens is 1. The van der Waals surface area contributed by atoms with Gasteiger partial charge in [-0.15, -0.1) is 0 Å². The summed E-state index contributed by atoms with van der Waals surface area (Å²) in [5, 5.41) is 0. The first-order valence-electron chi connectivity index (χ1n) is 22.3. The third-order valence-corrected chi connectivity index (χ3v) is 10.3. The fourth-order valence-electron chi connectivity index (χ4n) is 5.84. The van der Waals surface area contributed by atoms with Crippen LogP contribution in [0.2, 0.25) is 0 Å². The molecule has 0 amide bonds. The van der Waals surface area contributed by atoms with Crippen molar-refractivity contribution in [2.24, 2.45) is 0 Å². The maximum absolute atomic E-state index is 12.6. The zero-order chi connectivity index (χ0) is 41.4. The molecule has 0 aliphatic heterocycles. The molecule has 0 aliphatic rings. The van der Waals surface area contributed by atoms with E-state index in [0.717, 1.165) is 57.8 Å². The summed E-state index contributed by atoms with van der Waals surface area (Å²) in [4.78, 5) is 37.5. The number of esters is 2. The van der Waals surface area contributed by atoms with E-state index in [2.05, 4.69) is 62.5 Å². The van der Waals surface area contributed by atoms with Crippen LogP contribution in [-0.4, -0.2) is 70.0 Å². The minimum absolute atomic E-state index is 0.0382. The van der Waals surface area contributed by atoms with Gasteiger partial charge in [-0.25, -0.2) is 0 Å². The molecule has 56 heavy (non-hydrogen) atoms. The SMILES string of the molecule is CC/C=C\C/C=C\C/C=C\CCCCCC(=O)OC(COC(=O)CCCCCCCCCCC/C=C\CCCCCCCC)COP(=O)([O-])OCC[N+](C)(C)C. The van der Waals surface area contributed by atoms with Gasteiger partial charge in [0.15, 0.2) is 6.10 Å². The van der Waals surface area contributed by atoms with Gasteiger partial charge in [0.05, 0.1) is 27.7 Å². The van der Waals surface area contributed by atoms with Crippen molar-refractivity contribution in [3.8, 4) is 0 Å². The first-order chi connectivity index (χ1) is 27.0. The van der Waals surface area contributed by atoms with Crippen LogP contribution in [0.25, 0.3) is 0 Å². The molecule has 0 aromatic carbocycles. The normalized spacial score (nSPS) is 14.0. The number of unbranched alkanes of at least 4 members (excludes halogenated alkanes) is 18. The largest absolute Gasteiger partial charge is 0.756 e. The van der Waals surface area contributed by atoms with Crippen LogP contribution < -0.4 is 4.89 Å². The van der Waals surface area contributed by atoms with E-state index in [4.69, 9.17) is 18.5 Å². The molecule has 0 heterocycles. The van der Waals surface area contributed by atoms with Crippen molar-refractivity contribution in [3.05, 3.63) is 48.6 Å². The summed E-state index contributed by atoms with van der Waals surface area (Å²) >= 11 is 0. The summed E-state index contributed by atoms with van der Waals surface area (Å²) in [5.74, 6) is -0.872. The summed E-state index contributed by atoms with van der Waals surface area (Å²) in [6, 6.07) is 0. The number of carbonyl (C=O) groups is 2. The van der Waals surface area contributed by atoms with Crippen LogP contribution in [0.4, 0.5) is 0 Å². The molecule has 9 nitrogen and oxygen atoms in total. The lowest BCUT2D eigenvalue weighted by Crippen LogP contribution is -2.37. The number of phosphoric ester groups is 1. The van der Waals surface area contributed by atoms with Crippen molar-refractivity contribution in [3.63, 3.8) is 0 Å². The number of allylic oxidation sites excluding steroid dienone is 8. The highest BCUT2D eigenvalue weighted by Gasteiger charge is 2.21. The van der Waals surface area contributed by atoms with E-state index in [1.54, 1.807) is 0 Å². The summed E-state index contributed by atoms with van der Waals surface area (Å²) in [6.07, 6.45) is 44.3. The summed E-state index contributed by atoms with van der Waals surface area (Å²) in [6.45, 7) is 4.07. The molecule has 0 fully saturated rings. The Labute approximate surface area is 343 Å². The van der Waals surface area contributed by atoms with Crippen molar-refractivity contribution < 1.29 is 42.1 Å². The van der Waals surface area contributed by atoms with Gasteiger partial charge >= 0.3 is 11.9 Å². The zero-order valence-electron chi connectivity index (χ0n) is 36.6. The van der Waals surface area contributed by atoms with Crippen molar-refractivity contribution in [1.29, 1.82) is 0 Å². The number of rotatable bonds is 40. The van der Waals surface area contributed by atoms with Crippen LogP contribution >= 0.6 is 7.82 Å². The fraction of sp³-hybridized carbons (Fsp3) is 0.783. The topological polar surface area (TPSA) is 111 Å². The van der Waals surface area contributed by atoms with Crippen LogP contribution in [0, 0.1) is 0 Å². The minimum atomic E-state index is -4.63. The molecule has 326 valence electrons. The van der Waals surface area contributed by atoms with E-state index in [-0.39, 0.29) is 26.1 Å². The number of carbonyl (C=O) groups excluding carboxylic acids is 2. The molecule has 0 spiro atoms. The number of nitrogens with zero attached hydrogens (tertiary/aromatic N) is 1. The Bertz CT molecular complexity index is 1100. The third-order valence-electron chi connectivity index (χ3n) is 9.33. The Balaban J connectivity index is 4.34. The van der Waals surface area contributed by atoms with Crippen LogP contribution in [0.5, 0.6) is 0 Å². The lowest BCUT2D eigenvalue weighted by atomic mass is 10.1. The van der Waals surface area contributed by atoms with Gasteiger partial charge in [0.25, 0.3) is 7.82 Å². The van der Waals surface area contributed by atoms with Crippen molar-refractivity contribution >= 4 is 19.8 Å². The average molecular weight is 810 g/mol. The van der Waals surface area contributed by atoms with E-state index in [9.17, 15) is 19.0 Å². The number of hydrogen-bond acceptors (Lipinski definition) is 8. The zero-order valence-corrected chi connectivity index (χ0v) is 37.5. The Kier molecular flexibility index (Phi) is 37.1. The predicted molar refractivity (Wildman–Crippen MR) is 231 cm³/mol. The van der Waals surface area contributed by atoms with E-state index < -0.39 is 32.5 Å². The molecule has 0 saturated carbocycles. The second kappa shape index (κ2) is 38.5. The molecule has 0 aromatic rings. The molecule has 0 rings (SSSR count). The minimum Gasteiger partial charge on any atom is -0.756 e. The second-order valence-corrected chi connectivity index (χ2v) is 17.4. The molecule has 0 aromatic heterocycles. The van der Waals surface area contributed by atoms with Crippen LogP contribution in [0.15, 0.2) is 48.6 Å². The summed E-state index contributed by atoms with van der Waals surface area (Å²) in [5.41, 5.74) is 0. The number of likely N-dealkylation sites (N-methyl/N-ethyl adjacent to an activating group) is 1. The Morgan fingerprint density at radius 2 is 1.02 bits per heavy atom.